The summed E-state index contributed by atoms with van der Waals surface area (Å²) in [5.41, 5.74) is 0.796. The summed E-state index contributed by atoms with van der Waals surface area (Å²) in [6, 6.07) is 10.3. The largest absolute Gasteiger partial charge is 0.480 e. The number of methoxy groups -OCH3 is 1. The van der Waals surface area contributed by atoms with Gasteiger partial charge in [-0.3, -0.25) is 9.59 Å². The first-order valence-corrected chi connectivity index (χ1v) is 6.61. The van der Waals surface area contributed by atoms with Crippen molar-refractivity contribution in [2.45, 2.75) is 0 Å². The molecule has 0 unspecified atom stereocenters. The molecule has 2 heterocycles. The van der Waals surface area contributed by atoms with E-state index in [0.717, 1.165) is 0 Å². The molecule has 0 bridgehead atoms. The number of aromatic nitrogens is 2. The molecule has 6 nitrogen and oxygen atoms in total. The van der Waals surface area contributed by atoms with E-state index < -0.39 is 5.91 Å². The number of H-pyrrole nitrogens is 1. The number of benzene rings is 1. The van der Waals surface area contributed by atoms with Crippen LogP contribution in [0, 0.1) is 0 Å². The first-order valence-electron chi connectivity index (χ1n) is 6.61. The fourth-order valence-corrected chi connectivity index (χ4v) is 2.17. The van der Waals surface area contributed by atoms with Gasteiger partial charge in [-0.2, -0.15) is 0 Å². The van der Waals surface area contributed by atoms with E-state index >= 15 is 0 Å². The third kappa shape index (κ3) is 2.42. The lowest BCUT2D eigenvalue weighted by Crippen LogP contribution is -2.22. The predicted octanol–water partition coefficient (Wildman–Crippen LogP) is 2.18. The number of carbonyl (C=O) groups is 1. The summed E-state index contributed by atoms with van der Waals surface area (Å²) in [7, 11) is 1.46. The summed E-state index contributed by atoms with van der Waals surface area (Å²) in [6.07, 6.45) is 2.96. The quantitative estimate of drug-likeness (QED) is 0.775. The van der Waals surface area contributed by atoms with Crippen molar-refractivity contribution in [3.05, 3.63) is 64.6 Å². The first-order chi connectivity index (χ1) is 10.7. The molecule has 2 aromatic heterocycles. The fraction of sp³-hybridized carbons (Fsp3) is 0.0625. The number of pyridine rings is 2. The van der Waals surface area contributed by atoms with E-state index in [1.54, 1.807) is 36.5 Å². The van der Waals surface area contributed by atoms with Crippen molar-refractivity contribution in [3.63, 3.8) is 0 Å². The summed E-state index contributed by atoms with van der Waals surface area (Å²) < 4.78 is 5.07. The van der Waals surface area contributed by atoms with Crippen molar-refractivity contribution in [2.24, 2.45) is 0 Å². The molecular formula is C16H13N3O3. The SMILES string of the molecule is COc1ncccc1NC(=O)c1c[nH]c2ccccc2c1=O. The number of hydrogen-bond acceptors (Lipinski definition) is 4. The van der Waals surface area contributed by atoms with Crippen LogP contribution in [0.25, 0.3) is 10.9 Å². The number of aromatic amines is 1. The van der Waals surface area contributed by atoms with Gasteiger partial charge in [0.2, 0.25) is 11.3 Å². The van der Waals surface area contributed by atoms with Gasteiger partial charge < -0.3 is 15.0 Å². The smallest absolute Gasteiger partial charge is 0.261 e. The minimum Gasteiger partial charge on any atom is -0.480 e. The van der Waals surface area contributed by atoms with E-state index in [9.17, 15) is 9.59 Å². The fourth-order valence-electron chi connectivity index (χ4n) is 2.17. The molecule has 0 aliphatic rings. The Morgan fingerprint density at radius 3 is 2.86 bits per heavy atom. The number of carbonyl (C=O) groups excluding carboxylic acids is 1. The number of rotatable bonds is 3. The predicted molar refractivity (Wildman–Crippen MR) is 83.3 cm³/mol. The Morgan fingerprint density at radius 2 is 2.05 bits per heavy atom. The van der Waals surface area contributed by atoms with Crippen molar-refractivity contribution in [1.82, 2.24) is 9.97 Å². The summed E-state index contributed by atoms with van der Waals surface area (Å²) in [5.74, 6) is -0.230. The Morgan fingerprint density at radius 1 is 1.23 bits per heavy atom. The molecule has 0 saturated heterocycles. The van der Waals surface area contributed by atoms with Gasteiger partial charge in [0.05, 0.1) is 7.11 Å². The Hall–Kier alpha value is -3.15. The van der Waals surface area contributed by atoms with Gasteiger partial charge in [-0.1, -0.05) is 12.1 Å². The Kier molecular flexibility index (Phi) is 3.57. The molecule has 6 heteroatoms. The van der Waals surface area contributed by atoms with Crippen LogP contribution in [-0.4, -0.2) is 23.0 Å². The maximum atomic E-state index is 12.4. The highest BCUT2D eigenvalue weighted by Crippen LogP contribution is 2.20. The number of anilines is 1. The monoisotopic (exact) mass is 295 g/mol. The number of nitrogens with one attached hydrogen (secondary N) is 2. The highest BCUT2D eigenvalue weighted by molar-refractivity contribution is 6.06. The van der Waals surface area contributed by atoms with Gasteiger partial charge in [-0.25, -0.2) is 4.98 Å². The van der Waals surface area contributed by atoms with Crippen LogP contribution in [-0.2, 0) is 0 Å². The van der Waals surface area contributed by atoms with Crippen LogP contribution in [0.1, 0.15) is 10.4 Å². The molecule has 0 atom stereocenters. The van der Waals surface area contributed by atoms with Gasteiger partial charge in [0, 0.05) is 23.3 Å². The average molecular weight is 295 g/mol. The molecule has 0 spiro atoms. The zero-order chi connectivity index (χ0) is 15.5. The van der Waals surface area contributed by atoms with Crippen molar-refractivity contribution < 1.29 is 9.53 Å². The molecular weight excluding hydrogens is 282 g/mol. The van der Waals surface area contributed by atoms with E-state index in [1.165, 1.54) is 13.3 Å². The van der Waals surface area contributed by atoms with Crippen molar-refractivity contribution >= 4 is 22.5 Å². The maximum absolute atomic E-state index is 12.4. The van der Waals surface area contributed by atoms with Gasteiger partial charge in [-0.05, 0) is 24.3 Å². The zero-order valence-corrected chi connectivity index (χ0v) is 11.8. The van der Waals surface area contributed by atoms with Crippen LogP contribution < -0.4 is 15.5 Å². The van der Waals surface area contributed by atoms with Crippen LogP contribution in [0.4, 0.5) is 5.69 Å². The van der Waals surface area contributed by atoms with Crippen molar-refractivity contribution in [2.75, 3.05) is 12.4 Å². The topological polar surface area (TPSA) is 84.1 Å². The van der Waals surface area contributed by atoms with Gasteiger partial charge in [0.15, 0.2) is 0 Å². The standard InChI is InChI=1S/C16H13N3O3/c1-22-16-13(7-4-8-17-16)19-15(21)11-9-18-12-6-3-2-5-10(12)14(11)20/h2-9H,1H3,(H,18,20)(H,19,21). The minimum atomic E-state index is -0.515. The zero-order valence-electron chi connectivity index (χ0n) is 11.8. The second-order valence-electron chi connectivity index (χ2n) is 4.59. The number of para-hydroxylation sites is 1. The molecule has 2 N–H and O–H groups in total. The number of hydrogen-bond donors (Lipinski definition) is 2. The van der Waals surface area contributed by atoms with E-state index in [4.69, 9.17) is 4.74 Å². The first kappa shape index (κ1) is 13.8. The number of amides is 1. The number of nitrogens with zero attached hydrogens (tertiary/aromatic N) is 1. The molecule has 0 aliphatic heterocycles. The van der Waals surface area contributed by atoms with E-state index in [1.807, 2.05) is 6.07 Å². The highest BCUT2D eigenvalue weighted by Gasteiger charge is 2.15. The van der Waals surface area contributed by atoms with Crippen LogP contribution in [0.5, 0.6) is 5.88 Å². The molecule has 0 saturated carbocycles. The summed E-state index contributed by atoms with van der Waals surface area (Å²) in [6.45, 7) is 0. The molecule has 0 fully saturated rings. The molecule has 110 valence electrons. The second kappa shape index (κ2) is 5.69. The number of fused-ring (bicyclic) bond motifs is 1. The molecule has 1 amide bonds. The third-order valence-electron chi connectivity index (χ3n) is 3.25. The minimum absolute atomic E-state index is 0.0320. The van der Waals surface area contributed by atoms with E-state index in [-0.39, 0.29) is 16.9 Å². The lowest BCUT2D eigenvalue weighted by molar-refractivity contribution is 0.102. The molecule has 3 aromatic rings. The van der Waals surface area contributed by atoms with E-state index in [2.05, 4.69) is 15.3 Å². The highest BCUT2D eigenvalue weighted by atomic mass is 16.5. The molecule has 1 aromatic carbocycles. The normalized spacial score (nSPS) is 10.4. The molecule has 3 rings (SSSR count). The van der Waals surface area contributed by atoms with E-state index in [0.29, 0.717) is 16.6 Å². The van der Waals surface area contributed by atoms with Crippen LogP contribution in [0.15, 0.2) is 53.6 Å². The van der Waals surface area contributed by atoms with Gasteiger partial charge in [0.1, 0.15) is 11.3 Å². The molecule has 22 heavy (non-hydrogen) atoms. The van der Waals surface area contributed by atoms with Crippen molar-refractivity contribution in [1.29, 1.82) is 0 Å². The molecule has 0 aliphatic carbocycles. The van der Waals surface area contributed by atoms with Crippen LogP contribution in [0.3, 0.4) is 0 Å². The average Bonchev–Trinajstić information content (AvgIpc) is 2.56. The number of ether oxygens (including phenoxy) is 1. The van der Waals surface area contributed by atoms with Gasteiger partial charge >= 0.3 is 0 Å². The van der Waals surface area contributed by atoms with Gasteiger partial charge in [0.25, 0.3) is 5.91 Å². The summed E-state index contributed by atoms with van der Waals surface area (Å²) in [4.78, 5) is 31.7. The maximum Gasteiger partial charge on any atom is 0.261 e. The van der Waals surface area contributed by atoms with Crippen LogP contribution >= 0.6 is 0 Å². The van der Waals surface area contributed by atoms with Gasteiger partial charge in [-0.15, -0.1) is 0 Å². The lowest BCUT2D eigenvalue weighted by atomic mass is 10.1. The summed E-state index contributed by atoms with van der Waals surface area (Å²) in [5, 5.41) is 3.10. The lowest BCUT2D eigenvalue weighted by Gasteiger charge is -2.08. The van der Waals surface area contributed by atoms with Crippen LogP contribution in [0.2, 0.25) is 0 Å². The molecule has 0 radical (unpaired) electrons. The Labute approximate surface area is 125 Å². The van der Waals surface area contributed by atoms with Crippen molar-refractivity contribution in [3.8, 4) is 5.88 Å². The third-order valence-corrected chi connectivity index (χ3v) is 3.25. The second-order valence-corrected chi connectivity index (χ2v) is 4.59. The Balaban J connectivity index is 1.99. The Bertz CT molecular complexity index is 902. The summed E-state index contributed by atoms with van der Waals surface area (Å²) >= 11 is 0.